The first-order valence-corrected chi connectivity index (χ1v) is 12.7. The van der Waals surface area contributed by atoms with Crippen LogP contribution in [-0.2, 0) is 11.0 Å². The molecule has 5 heterocycles. The highest BCUT2D eigenvalue weighted by atomic mass is 19.4. The number of rotatable bonds is 8. The van der Waals surface area contributed by atoms with Crippen LogP contribution < -0.4 is 10.6 Å². The van der Waals surface area contributed by atoms with E-state index in [1.807, 2.05) is 17.8 Å². The predicted molar refractivity (Wildman–Crippen MR) is 129 cm³/mol. The zero-order valence-electron chi connectivity index (χ0n) is 20.7. The van der Waals surface area contributed by atoms with Crippen LogP contribution in [0.3, 0.4) is 0 Å². The summed E-state index contributed by atoms with van der Waals surface area (Å²) in [4.78, 5) is 24.0. The Kier molecular flexibility index (Phi) is 6.80. The van der Waals surface area contributed by atoms with Crippen molar-refractivity contribution in [1.29, 1.82) is 0 Å². The van der Waals surface area contributed by atoms with E-state index >= 15 is 0 Å². The molecule has 2 N–H and O–H groups in total. The molecule has 12 heteroatoms. The molecular weight excluding hydrogens is 473 g/mol. The lowest BCUT2D eigenvalue weighted by molar-refractivity contribution is -0.137. The number of hydrogen-bond donors (Lipinski definition) is 2. The second-order valence-corrected chi connectivity index (χ2v) is 10.1. The molecule has 0 radical (unpaired) electrons. The molecule has 2 aromatic rings. The van der Waals surface area contributed by atoms with Gasteiger partial charge in [0.25, 0.3) is 0 Å². The van der Waals surface area contributed by atoms with E-state index in [0.717, 1.165) is 31.2 Å². The largest absolute Gasteiger partial charge is 0.421 e. The van der Waals surface area contributed by atoms with Gasteiger partial charge >= 0.3 is 6.18 Å². The second-order valence-electron chi connectivity index (χ2n) is 10.1. The minimum Gasteiger partial charge on any atom is -0.369 e. The van der Waals surface area contributed by atoms with Gasteiger partial charge in [-0.25, -0.2) is 4.98 Å². The molecule has 5 rings (SSSR count). The summed E-state index contributed by atoms with van der Waals surface area (Å²) in [7, 11) is 2.19. The third kappa shape index (κ3) is 5.14. The van der Waals surface area contributed by atoms with Crippen molar-refractivity contribution in [3.63, 3.8) is 0 Å². The highest BCUT2D eigenvalue weighted by Crippen LogP contribution is 2.40. The SMILES string of the molecule is Cc1nn(C2CC3CCC(C2)N3C)cc1Nc1ncc(C(F)(F)F)c(NCCCN2CCCC2=O)n1. The summed E-state index contributed by atoms with van der Waals surface area (Å²) in [6.45, 7) is 3.35. The molecule has 3 aliphatic heterocycles. The maximum absolute atomic E-state index is 13.6. The molecule has 0 aliphatic carbocycles. The van der Waals surface area contributed by atoms with Crippen LogP contribution in [-0.4, -0.2) is 74.2 Å². The Bertz CT molecular complexity index is 1090. The normalized spacial score (nSPS) is 24.5. The predicted octanol–water partition coefficient (Wildman–Crippen LogP) is 3.97. The molecule has 0 aromatic carbocycles. The van der Waals surface area contributed by atoms with Gasteiger partial charge in [-0.05, 0) is 52.5 Å². The van der Waals surface area contributed by atoms with Gasteiger partial charge in [-0.3, -0.25) is 9.48 Å². The van der Waals surface area contributed by atoms with Gasteiger partial charge in [0, 0.05) is 50.5 Å². The average Bonchev–Trinajstić information content (AvgIpc) is 3.44. The third-order valence-electron chi connectivity index (χ3n) is 7.77. The number of carbonyl (C=O) groups excluding carboxylic acids is 1. The number of fused-ring (bicyclic) bond motifs is 2. The Labute approximate surface area is 208 Å². The maximum atomic E-state index is 13.6. The Hall–Kier alpha value is -2.89. The fraction of sp³-hybridized carbons (Fsp3) is 0.667. The van der Waals surface area contributed by atoms with Gasteiger partial charge in [-0.2, -0.15) is 23.3 Å². The standard InChI is InChI=1S/C24H33F3N8O/c1-15-20(14-35(32-15)18-11-16-6-7-17(12-18)33(16)2)30-23-29-13-19(24(25,26)27)22(31-23)28-8-4-10-34-9-3-5-21(34)36/h13-14,16-18H,3-12H2,1-2H3,(H2,28,29,30,31). The number of likely N-dealkylation sites (tertiary alicyclic amines) is 1. The van der Waals surface area contributed by atoms with Crippen molar-refractivity contribution in [2.45, 2.75) is 76.2 Å². The van der Waals surface area contributed by atoms with Crippen molar-refractivity contribution < 1.29 is 18.0 Å². The number of nitrogens with zero attached hydrogens (tertiary/aromatic N) is 6. The van der Waals surface area contributed by atoms with E-state index in [0.29, 0.717) is 49.7 Å². The van der Waals surface area contributed by atoms with Gasteiger partial charge in [0.1, 0.15) is 11.4 Å². The number of carbonyl (C=O) groups is 1. The average molecular weight is 507 g/mol. The summed E-state index contributed by atoms with van der Waals surface area (Å²) in [5.74, 6) is -0.0978. The minimum atomic E-state index is -4.58. The lowest BCUT2D eigenvalue weighted by Gasteiger charge is -2.36. The molecule has 3 fully saturated rings. The topological polar surface area (TPSA) is 91.2 Å². The highest BCUT2D eigenvalue weighted by Gasteiger charge is 2.39. The van der Waals surface area contributed by atoms with Crippen molar-refractivity contribution >= 4 is 23.4 Å². The van der Waals surface area contributed by atoms with E-state index in [-0.39, 0.29) is 24.2 Å². The van der Waals surface area contributed by atoms with Gasteiger partial charge in [0.15, 0.2) is 0 Å². The first-order chi connectivity index (χ1) is 17.2. The van der Waals surface area contributed by atoms with E-state index in [1.54, 1.807) is 4.90 Å². The Morgan fingerprint density at radius 1 is 1.17 bits per heavy atom. The molecule has 3 saturated heterocycles. The molecule has 0 spiro atoms. The van der Waals surface area contributed by atoms with Crippen molar-refractivity contribution in [3.8, 4) is 0 Å². The molecule has 0 saturated carbocycles. The van der Waals surface area contributed by atoms with E-state index in [4.69, 9.17) is 0 Å². The van der Waals surface area contributed by atoms with Crippen molar-refractivity contribution in [3.05, 3.63) is 23.7 Å². The lowest BCUT2D eigenvalue weighted by atomic mass is 9.98. The summed E-state index contributed by atoms with van der Waals surface area (Å²) in [6.07, 6.45) is 4.55. The summed E-state index contributed by atoms with van der Waals surface area (Å²) < 4.78 is 42.7. The second kappa shape index (κ2) is 9.87. The number of amides is 1. The molecule has 9 nitrogen and oxygen atoms in total. The molecular formula is C24H33F3N8O. The van der Waals surface area contributed by atoms with Gasteiger partial charge in [0.05, 0.1) is 17.4 Å². The zero-order valence-corrected chi connectivity index (χ0v) is 20.7. The fourth-order valence-corrected chi connectivity index (χ4v) is 5.71. The van der Waals surface area contributed by atoms with Crippen molar-refractivity contribution in [1.82, 2.24) is 29.5 Å². The third-order valence-corrected chi connectivity index (χ3v) is 7.77. The monoisotopic (exact) mass is 506 g/mol. The molecule has 196 valence electrons. The van der Waals surface area contributed by atoms with Gasteiger partial charge in [-0.15, -0.1) is 0 Å². The molecule has 36 heavy (non-hydrogen) atoms. The van der Waals surface area contributed by atoms with Crippen LogP contribution in [0.15, 0.2) is 12.4 Å². The Morgan fingerprint density at radius 2 is 1.92 bits per heavy atom. The van der Waals surface area contributed by atoms with Crippen LogP contribution in [0.5, 0.6) is 0 Å². The number of hydrogen-bond acceptors (Lipinski definition) is 7. The zero-order chi connectivity index (χ0) is 25.4. The summed E-state index contributed by atoms with van der Waals surface area (Å²) >= 11 is 0. The number of aromatic nitrogens is 4. The molecule has 2 aromatic heterocycles. The summed E-state index contributed by atoms with van der Waals surface area (Å²) in [5.41, 5.74) is 0.508. The summed E-state index contributed by atoms with van der Waals surface area (Å²) in [6, 6.07) is 1.46. The fourth-order valence-electron chi connectivity index (χ4n) is 5.71. The number of halogens is 3. The number of aryl methyl sites for hydroxylation is 1. The van der Waals surface area contributed by atoms with Crippen LogP contribution in [0.25, 0.3) is 0 Å². The number of alkyl halides is 3. The number of anilines is 3. The van der Waals surface area contributed by atoms with Crippen molar-refractivity contribution in [2.75, 3.05) is 37.3 Å². The number of nitrogens with one attached hydrogen (secondary N) is 2. The van der Waals surface area contributed by atoms with Crippen LogP contribution in [0.4, 0.5) is 30.6 Å². The van der Waals surface area contributed by atoms with Crippen LogP contribution in [0, 0.1) is 6.92 Å². The Balaban J connectivity index is 1.26. The molecule has 2 atom stereocenters. The number of piperidine rings is 1. The van der Waals surface area contributed by atoms with Crippen LogP contribution in [0.2, 0.25) is 0 Å². The van der Waals surface area contributed by atoms with Crippen molar-refractivity contribution in [2.24, 2.45) is 0 Å². The highest BCUT2D eigenvalue weighted by molar-refractivity contribution is 5.78. The van der Waals surface area contributed by atoms with Crippen LogP contribution in [0.1, 0.15) is 62.2 Å². The van der Waals surface area contributed by atoms with E-state index in [1.165, 1.54) is 12.8 Å². The quantitative estimate of drug-likeness (QED) is 0.524. The first kappa shape index (κ1) is 24.8. The van der Waals surface area contributed by atoms with Crippen LogP contribution >= 0.6 is 0 Å². The van der Waals surface area contributed by atoms with Gasteiger partial charge in [0.2, 0.25) is 11.9 Å². The van der Waals surface area contributed by atoms with E-state index < -0.39 is 11.7 Å². The summed E-state index contributed by atoms with van der Waals surface area (Å²) in [5, 5.41) is 10.6. The van der Waals surface area contributed by atoms with Gasteiger partial charge < -0.3 is 20.4 Å². The van der Waals surface area contributed by atoms with E-state index in [9.17, 15) is 18.0 Å². The molecule has 3 aliphatic rings. The first-order valence-electron chi connectivity index (χ1n) is 12.7. The molecule has 1 amide bonds. The maximum Gasteiger partial charge on any atom is 0.421 e. The lowest BCUT2D eigenvalue weighted by Crippen LogP contribution is -2.40. The molecule has 2 unspecified atom stereocenters. The smallest absolute Gasteiger partial charge is 0.369 e. The Morgan fingerprint density at radius 3 is 2.58 bits per heavy atom. The van der Waals surface area contributed by atoms with E-state index in [2.05, 4.69) is 37.6 Å². The molecule has 2 bridgehead atoms. The minimum absolute atomic E-state index is 0.0753. The van der Waals surface area contributed by atoms with Gasteiger partial charge in [-0.1, -0.05) is 0 Å².